The van der Waals surface area contributed by atoms with Gasteiger partial charge in [-0.2, -0.15) is 0 Å². The van der Waals surface area contributed by atoms with E-state index in [1.807, 2.05) is 6.07 Å². The van der Waals surface area contributed by atoms with E-state index < -0.39 is 12.1 Å². The molecule has 0 aromatic heterocycles. The number of benzene rings is 1. The van der Waals surface area contributed by atoms with Crippen LogP contribution in [-0.2, 0) is 16.0 Å². The zero-order valence-corrected chi connectivity index (χ0v) is 11.5. The van der Waals surface area contributed by atoms with Crippen molar-refractivity contribution in [1.82, 2.24) is 4.90 Å². The van der Waals surface area contributed by atoms with E-state index in [1.54, 1.807) is 0 Å². The fraction of sp³-hybridized carbons (Fsp3) is 0.533. The molecule has 2 unspecified atom stereocenters. The molecule has 2 aliphatic heterocycles. The van der Waals surface area contributed by atoms with Gasteiger partial charge in [0.1, 0.15) is 11.9 Å². The van der Waals surface area contributed by atoms with Crippen LogP contribution < -0.4 is 4.74 Å². The maximum atomic E-state index is 11.0. The Morgan fingerprint density at radius 1 is 1.50 bits per heavy atom. The Balaban J connectivity index is 1.59. The first kappa shape index (κ1) is 13.4. The summed E-state index contributed by atoms with van der Waals surface area (Å²) in [5, 5.41) is 9.01. The molecular weight excluding hydrogens is 258 g/mol. The van der Waals surface area contributed by atoms with E-state index in [-0.39, 0.29) is 6.10 Å². The molecule has 0 saturated carbocycles. The normalized spacial score (nSPS) is 26.1. The summed E-state index contributed by atoms with van der Waals surface area (Å²) in [6.07, 6.45) is 0.292. The van der Waals surface area contributed by atoms with E-state index >= 15 is 0 Å². The highest BCUT2D eigenvalue weighted by Crippen LogP contribution is 2.30. The molecule has 5 heteroatoms. The first-order valence-corrected chi connectivity index (χ1v) is 6.95. The Bertz CT molecular complexity index is 517. The number of aryl methyl sites for hydroxylation is 1. The van der Waals surface area contributed by atoms with Gasteiger partial charge in [-0.05, 0) is 18.6 Å². The molecule has 2 aliphatic rings. The quantitative estimate of drug-likeness (QED) is 0.896. The number of nitrogens with zero attached hydrogens (tertiary/aromatic N) is 1. The van der Waals surface area contributed by atoms with Crippen LogP contribution in [0.25, 0.3) is 0 Å². The summed E-state index contributed by atoms with van der Waals surface area (Å²) in [5.41, 5.74) is 2.49. The minimum absolute atomic E-state index is 0.111. The topological polar surface area (TPSA) is 59.0 Å². The highest BCUT2D eigenvalue weighted by atomic mass is 16.5. The molecule has 1 aromatic carbocycles. The maximum Gasteiger partial charge on any atom is 0.334 e. The first-order valence-electron chi connectivity index (χ1n) is 6.95. The lowest BCUT2D eigenvalue weighted by Crippen LogP contribution is -2.49. The summed E-state index contributed by atoms with van der Waals surface area (Å²) in [7, 11) is 0. The zero-order valence-electron chi connectivity index (χ0n) is 11.5. The van der Waals surface area contributed by atoms with Crippen molar-refractivity contribution in [2.24, 2.45) is 0 Å². The Morgan fingerprint density at radius 2 is 2.35 bits per heavy atom. The van der Waals surface area contributed by atoms with E-state index in [2.05, 4.69) is 24.0 Å². The number of hydrogen-bond acceptors (Lipinski definition) is 4. The Kier molecular flexibility index (Phi) is 3.63. The van der Waals surface area contributed by atoms with E-state index in [9.17, 15) is 4.79 Å². The van der Waals surface area contributed by atoms with Gasteiger partial charge in [0.25, 0.3) is 0 Å². The van der Waals surface area contributed by atoms with Crippen LogP contribution in [0.5, 0.6) is 5.75 Å². The summed E-state index contributed by atoms with van der Waals surface area (Å²) < 4.78 is 11.2. The van der Waals surface area contributed by atoms with Gasteiger partial charge in [0.15, 0.2) is 6.10 Å². The number of carbonyl (C=O) groups is 1. The number of fused-ring (bicyclic) bond motifs is 1. The minimum Gasteiger partial charge on any atom is -0.488 e. The van der Waals surface area contributed by atoms with Crippen molar-refractivity contribution < 1.29 is 19.4 Å². The van der Waals surface area contributed by atoms with Crippen molar-refractivity contribution in [3.63, 3.8) is 0 Å². The summed E-state index contributed by atoms with van der Waals surface area (Å²) in [6, 6.07) is 6.23. The molecule has 3 rings (SSSR count). The summed E-state index contributed by atoms with van der Waals surface area (Å²) in [5.74, 6) is 0.0737. The molecular formula is C15H19NO4. The number of rotatable bonds is 3. The van der Waals surface area contributed by atoms with Gasteiger partial charge in [-0.25, -0.2) is 4.79 Å². The molecule has 1 aromatic rings. The lowest BCUT2D eigenvalue weighted by Gasteiger charge is -2.32. The lowest BCUT2D eigenvalue weighted by molar-refractivity contribution is -0.156. The van der Waals surface area contributed by atoms with Gasteiger partial charge in [-0.15, -0.1) is 0 Å². The predicted molar refractivity (Wildman–Crippen MR) is 73.1 cm³/mol. The van der Waals surface area contributed by atoms with Crippen LogP contribution in [0.4, 0.5) is 0 Å². The van der Waals surface area contributed by atoms with Crippen molar-refractivity contribution >= 4 is 5.97 Å². The number of carboxylic acid groups (broad SMARTS) is 1. The number of morpholine rings is 1. The predicted octanol–water partition coefficient (Wildman–Crippen LogP) is 1.08. The zero-order chi connectivity index (χ0) is 14.1. The Morgan fingerprint density at radius 3 is 3.15 bits per heavy atom. The Labute approximate surface area is 118 Å². The van der Waals surface area contributed by atoms with Gasteiger partial charge in [0.2, 0.25) is 0 Å². The van der Waals surface area contributed by atoms with Crippen molar-refractivity contribution in [3.05, 3.63) is 29.3 Å². The third-order valence-electron chi connectivity index (χ3n) is 3.85. The molecule has 0 bridgehead atoms. The van der Waals surface area contributed by atoms with Crippen LogP contribution in [-0.4, -0.2) is 54.4 Å². The standard InChI is InChI=1S/C15H19NO4/c1-10-2-3-13-11(6-10)7-12(20-13)8-16-4-5-19-14(9-16)15(17)18/h2-3,6,12,14H,4-5,7-9H2,1H3,(H,17,18). The van der Waals surface area contributed by atoms with E-state index in [0.29, 0.717) is 13.2 Å². The molecule has 5 nitrogen and oxygen atoms in total. The average Bonchev–Trinajstić information content (AvgIpc) is 2.80. The fourth-order valence-corrected chi connectivity index (χ4v) is 2.86. The van der Waals surface area contributed by atoms with Crippen molar-refractivity contribution in [1.29, 1.82) is 0 Å². The average molecular weight is 277 g/mol. The molecule has 1 N–H and O–H groups in total. The monoisotopic (exact) mass is 277 g/mol. The van der Waals surface area contributed by atoms with Crippen LogP contribution in [0, 0.1) is 6.92 Å². The summed E-state index contributed by atoms with van der Waals surface area (Å²) >= 11 is 0. The van der Waals surface area contributed by atoms with Crippen LogP contribution in [0.2, 0.25) is 0 Å². The molecule has 2 atom stereocenters. The van der Waals surface area contributed by atoms with Gasteiger partial charge in [0.05, 0.1) is 6.61 Å². The lowest BCUT2D eigenvalue weighted by atomic mass is 10.1. The molecule has 1 fully saturated rings. The van der Waals surface area contributed by atoms with E-state index in [1.165, 1.54) is 11.1 Å². The van der Waals surface area contributed by atoms with Crippen LogP contribution in [0.15, 0.2) is 18.2 Å². The largest absolute Gasteiger partial charge is 0.488 e. The minimum atomic E-state index is -0.888. The smallest absolute Gasteiger partial charge is 0.334 e. The molecule has 2 heterocycles. The van der Waals surface area contributed by atoms with Gasteiger partial charge >= 0.3 is 5.97 Å². The van der Waals surface area contributed by atoms with Crippen molar-refractivity contribution in [2.45, 2.75) is 25.6 Å². The van der Waals surface area contributed by atoms with Gasteiger partial charge in [-0.3, -0.25) is 4.90 Å². The fourth-order valence-electron chi connectivity index (χ4n) is 2.86. The third kappa shape index (κ3) is 2.78. The second-order valence-corrected chi connectivity index (χ2v) is 5.51. The van der Waals surface area contributed by atoms with E-state index in [4.69, 9.17) is 14.6 Å². The first-order chi connectivity index (χ1) is 9.61. The number of aliphatic carboxylic acids is 1. The van der Waals surface area contributed by atoms with E-state index in [0.717, 1.165) is 25.3 Å². The molecule has 0 aliphatic carbocycles. The van der Waals surface area contributed by atoms with Crippen molar-refractivity contribution in [3.8, 4) is 5.75 Å². The Hall–Kier alpha value is -1.59. The summed E-state index contributed by atoms with van der Waals surface area (Å²) in [6.45, 7) is 4.49. The molecule has 1 saturated heterocycles. The highest BCUT2D eigenvalue weighted by molar-refractivity contribution is 5.72. The van der Waals surface area contributed by atoms with Gasteiger partial charge < -0.3 is 14.6 Å². The van der Waals surface area contributed by atoms with Gasteiger partial charge in [-0.1, -0.05) is 17.7 Å². The van der Waals surface area contributed by atoms with Gasteiger partial charge in [0, 0.05) is 26.1 Å². The highest BCUT2D eigenvalue weighted by Gasteiger charge is 2.30. The maximum absolute atomic E-state index is 11.0. The molecule has 108 valence electrons. The SMILES string of the molecule is Cc1ccc2c(c1)CC(CN1CCOC(C(=O)O)C1)O2. The second-order valence-electron chi connectivity index (χ2n) is 5.51. The molecule has 0 spiro atoms. The molecule has 0 radical (unpaired) electrons. The number of hydrogen-bond donors (Lipinski definition) is 1. The van der Waals surface area contributed by atoms with Crippen LogP contribution in [0.3, 0.4) is 0 Å². The van der Waals surface area contributed by atoms with Crippen molar-refractivity contribution in [2.75, 3.05) is 26.2 Å². The van der Waals surface area contributed by atoms with Crippen LogP contribution >= 0.6 is 0 Å². The second kappa shape index (κ2) is 5.42. The number of carboxylic acids is 1. The molecule has 20 heavy (non-hydrogen) atoms. The molecule has 0 amide bonds. The number of ether oxygens (including phenoxy) is 2. The van der Waals surface area contributed by atoms with Crippen LogP contribution in [0.1, 0.15) is 11.1 Å². The third-order valence-corrected chi connectivity index (χ3v) is 3.85. The summed E-state index contributed by atoms with van der Waals surface area (Å²) in [4.78, 5) is 13.1.